The first kappa shape index (κ1) is 11.7. The Bertz CT molecular complexity index is 424. The maximum Gasteiger partial charge on any atom is 0.0623 e. The second-order valence-electron chi connectivity index (χ2n) is 5.01. The molecule has 0 amide bonds. The van der Waals surface area contributed by atoms with Crippen molar-refractivity contribution in [3.63, 3.8) is 0 Å². The molecule has 3 rings (SSSR count). The molecule has 0 radical (unpaired) electrons. The van der Waals surface area contributed by atoms with Crippen LogP contribution < -0.4 is 5.73 Å². The van der Waals surface area contributed by atoms with Crippen LogP contribution in [-0.2, 0) is 17.8 Å². The fraction of sp³-hybridized carbons (Fsp3) is 0.538. The highest BCUT2D eigenvalue weighted by molar-refractivity contribution is 9.10. The van der Waals surface area contributed by atoms with Crippen molar-refractivity contribution in [3.8, 4) is 0 Å². The number of nitrogens with zero attached hydrogens (tertiary/aromatic N) is 1. The molecule has 0 aliphatic carbocycles. The van der Waals surface area contributed by atoms with Gasteiger partial charge in [0.1, 0.15) is 0 Å². The zero-order chi connectivity index (χ0) is 11.8. The van der Waals surface area contributed by atoms with E-state index < -0.39 is 0 Å². The second kappa shape index (κ2) is 4.69. The van der Waals surface area contributed by atoms with Crippen molar-refractivity contribution >= 4 is 15.9 Å². The molecule has 4 heteroatoms. The summed E-state index contributed by atoms with van der Waals surface area (Å²) in [5, 5.41) is 0. The van der Waals surface area contributed by atoms with Gasteiger partial charge in [0.05, 0.1) is 13.2 Å². The van der Waals surface area contributed by atoms with E-state index in [1.807, 2.05) is 0 Å². The van der Waals surface area contributed by atoms with Crippen molar-refractivity contribution in [2.75, 3.05) is 13.2 Å². The molecule has 92 valence electrons. The molecule has 2 atom stereocenters. The van der Waals surface area contributed by atoms with Crippen LogP contribution in [-0.4, -0.2) is 30.2 Å². The summed E-state index contributed by atoms with van der Waals surface area (Å²) in [6.45, 7) is 3.59. The normalized spacial score (nSPS) is 29.3. The average molecular weight is 297 g/mol. The highest BCUT2D eigenvalue weighted by Gasteiger charge is 2.29. The zero-order valence-electron chi connectivity index (χ0n) is 9.73. The molecular formula is C13H17BrN2O. The van der Waals surface area contributed by atoms with E-state index in [-0.39, 0.29) is 6.04 Å². The summed E-state index contributed by atoms with van der Waals surface area (Å²) in [7, 11) is 0. The predicted octanol–water partition coefficient (Wildman–Crippen LogP) is 1.88. The molecule has 17 heavy (non-hydrogen) atoms. The number of fused-ring (bicyclic) bond motifs is 1. The average Bonchev–Trinajstić information content (AvgIpc) is 2.72. The van der Waals surface area contributed by atoms with E-state index in [0.29, 0.717) is 12.6 Å². The molecule has 0 spiro atoms. The minimum absolute atomic E-state index is 0.198. The van der Waals surface area contributed by atoms with E-state index in [0.717, 1.165) is 30.6 Å². The van der Waals surface area contributed by atoms with Crippen molar-refractivity contribution in [2.45, 2.75) is 31.6 Å². The fourth-order valence-electron chi connectivity index (χ4n) is 2.74. The molecule has 1 aromatic rings. The van der Waals surface area contributed by atoms with E-state index in [9.17, 15) is 0 Å². The summed E-state index contributed by atoms with van der Waals surface area (Å²) in [4.78, 5) is 2.48. The van der Waals surface area contributed by atoms with Gasteiger partial charge in [0.25, 0.3) is 0 Å². The number of benzene rings is 1. The topological polar surface area (TPSA) is 38.5 Å². The molecule has 1 aromatic carbocycles. The predicted molar refractivity (Wildman–Crippen MR) is 70.6 cm³/mol. The Labute approximate surface area is 110 Å². The lowest BCUT2D eigenvalue weighted by Gasteiger charge is -2.33. The summed E-state index contributed by atoms with van der Waals surface area (Å²) < 4.78 is 6.72. The number of halogens is 1. The summed E-state index contributed by atoms with van der Waals surface area (Å²) in [5.74, 6) is 0. The van der Waals surface area contributed by atoms with Gasteiger partial charge >= 0.3 is 0 Å². The van der Waals surface area contributed by atoms with Crippen LogP contribution in [0.25, 0.3) is 0 Å². The number of ether oxygens (including phenoxy) is 1. The van der Waals surface area contributed by atoms with Crippen LogP contribution in [0.15, 0.2) is 22.7 Å². The van der Waals surface area contributed by atoms with Gasteiger partial charge in [-0.2, -0.15) is 0 Å². The third-order valence-electron chi connectivity index (χ3n) is 3.65. The first-order valence-electron chi connectivity index (χ1n) is 6.07. The van der Waals surface area contributed by atoms with Crippen LogP contribution in [0, 0.1) is 0 Å². The van der Waals surface area contributed by atoms with E-state index in [4.69, 9.17) is 10.5 Å². The number of hydrogen-bond donors (Lipinski definition) is 1. The lowest BCUT2D eigenvalue weighted by Crippen LogP contribution is -2.46. The number of nitrogens with two attached hydrogens (primary N) is 1. The molecule has 0 bridgehead atoms. The minimum atomic E-state index is 0.198. The minimum Gasteiger partial charge on any atom is -0.378 e. The molecule has 2 N–H and O–H groups in total. The fourth-order valence-corrected chi connectivity index (χ4v) is 3.15. The molecule has 2 heterocycles. The van der Waals surface area contributed by atoms with E-state index in [2.05, 4.69) is 39.0 Å². The van der Waals surface area contributed by atoms with Gasteiger partial charge in [-0.3, -0.25) is 4.90 Å². The maximum atomic E-state index is 5.96. The van der Waals surface area contributed by atoms with Crippen LogP contribution in [0.2, 0.25) is 0 Å². The Hall–Kier alpha value is -0.420. The molecule has 0 saturated carbocycles. The second-order valence-corrected chi connectivity index (χ2v) is 5.92. The summed E-state index contributed by atoms with van der Waals surface area (Å²) >= 11 is 3.53. The molecule has 2 aliphatic rings. The third-order valence-corrected chi connectivity index (χ3v) is 4.14. The molecule has 1 unspecified atom stereocenters. The van der Waals surface area contributed by atoms with Gasteiger partial charge in [0.15, 0.2) is 0 Å². The van der Waals surface area contributed by atoms with Gasteiger partial charge < -0.3 is 10.5 Å². The lowest BCUT2D eigenvalue weighted by molar-refractivity contribution is 0.00549. The van der Waals surface area contributed by atoms with Gasteiger partial charge in [-0.05, 0) is 29.7 Å². The molecule has 3 nitrogen and oxygen atoms in total. The lowest BCUT2D eigenvalue weighted by atomic mass is 10.1. The highest BCUT2D eigenvalue weighted by Crippen LogP contribution is 2.29. The number of rotatable bonds is 1. The zero-order valence-corrected chi connectivity index (χ0v) is 11.3. The van der Waals surface area contributed by atoms with E-state index in [1.165, 1.54) is 11.1 Å². The van der Waals surface area contributed by atoms with Gasteiger partial charge in [0, 0.05) is 29.6 Å². The van der Waals surface area contributed by atoms with Crippen molar-refractivity contribution in [1.29, 1.82) is 0 Å². The summed E-state index contributed by atoms with van der Waals surface area (Å²) in [5.41, 5.74) is 8.83. The molecule has 1 saturated heterocycles. The standard InChI is InChI=1S/C13H17BrN2O/c14-11-2-1-9-5-16(6-10(9)3-11)13-4-12(15)7-17-8-13/h1-3,12-13H,4-8,15H2/t12-,13?/m0/s1. The molecule has 2 aliphatic heterocycles. The van der Waals surface area contributed by atoms with Gasteiger partial charge in [-0.1, -0.05) is 22.0 Å². The van der Waals surface area contributed by atoms with Crippen LogP contribution in [0.5, 0.6) is 0 Å². The third kappa shape index (κ3) is 2.40. The number of hydrogen-bond acceptors (Lipinski definition) is 3. The summed E-state index contributed by atoms with van der Waals surface area (Å²) in [6.07, 6.45) is 1.05. The van der Waals surface area contributed by atoms with Crippen molar-refractivity contribution in [1.82, 2.24) is 4.90 Å². The Morgan fingerprint density at radius 1 is 1.24 bits per heavy atom. The van der Waals surface area contributed by atoms with Crippen molar-refractivity contribution < 1.29 is 4.74 Å². The Morgan fingerprint density at radius 2 is 2.06 bits per heavy atom. The quantitative estimate of drug-likeness (QED) is 0.860. The Kier molecular flexibility index (Phi) is 3.21. The monoisotopic (exact) mass is 296 g/mol. The van der Waals surface area contributed by atoms with E-state index in [1.54, 1.807) is 0 Å². The first-order valence-corrected chi connectivity index (χ1v) is 6.86. The maximum absolute atomic E-state index is 5.96. The van der Waals surface area contributed by atoms with Crippen LogP contribution in [0.4, 0.5) is 0 Å². The van der Waals surface area contributed by atoms with Crippen molar-refractivity contribution in [2.24, 2.45) is 5.73 Å². The first-order chi connectivity index (χ1) is 8.22. The Morgan fingerprint density at radius 3 is 2.88 bits per heavy atom. The summed E-state index contributed by atoms with van der Waals surface area (Å²) in [6, 6.07) is 7.22. The Balaban J connectivity index is 1.73. The van der Waals surface area contributed by atoms with Crippen LogP contribution in [0.3, 0.4) is 0 Å². The highest BCUT2D eigenvalue weighted by atomic mass is 79.9. The van der Waals surface area contributed by atoms with Crippen LogP contribution in [0.1, 0.15) is 17.5 Å². The van der Waals surface area contributed by atoms with Gasteiger partial charge in [0.2, 0.25) is 0 Å². The smallest absolute Gasteiger partial charge is 0.0623 e. The SMILES string of the molecule is N[C@@H]1COCC(N2Cc3ccc(Br)cc3C2)C1. The molecule has 0 aromatic heterocycles. The molecular weight excluding hydrogens is 280 g/mol. The van der Waals surface area contributed by atoms with Gasteiger partial charge in [-0.15, -0.1) is 0 Å². The largest absolute Gasteiger partial charge is 0.378 e. The van der Waals surface area contributed by atoms with E-state index >= 15 is 0 Å². The van der Waals surface area contributed by atoms with Crippen molar-refractivity contribution in [3.05, 3.63) is 33.8 Å². The van der Waals surface area contributed by atoms with Gasteiger partial charge in [-0.25, -0.2) is 0 Å². The van der Waals surface area contributed by atoms with Crippen LogP contribution >= 0.6 is 15.9 Å². The molecule has 1 fully saturated rings.